The van der Waals surface area contributed by atoms with E-state index in [1.165, 1.54) is 5.56 Å². The normalized spacial score (nSPS) is 23.4. The van der Waals surface area contributed by atoms with Gasteiger partial charge in [-0.15, -0.1) is 0 Å². The second kappa shape index (κ2) is 5.86. The van der Waals surface area contributed by atoms with Crippen molar-refractivity contribution in [3.63, 3.8) is 0 Å². The minimum absolute atomic E-state index is 0.0340. The third-order valence-corrected chi connectivity index (χ3v) is 3.88. The lowest BCUT2D eigenvalue weighted by molar-refractivity contribution is -0.161. The molecule has 0 saturated heterocycles. The number of hydrogen-bond donors (Lipinski definition) is 1. The molecule has 1 saturated carbocycles. The molecule has 3 nitrogen and oxygen atoms in total. The summed E-state index contributed by atoms with van der Waals surface area (Å²) in [4.78, 5) is 12.1. The van der Waals surface area contributed by atoms with Crippen LogP contribution < -0.4 is 5.73 Å². The fourth-order valence-electron chi connectivity index (χ4n) is 2.82. The molecule has 1 aliphatic rings. The van der Waals surface area contributed by atoms with Gasteiger partial charge >= 0.3 is 5.97 Å². The van der Waals surface area contributed by atoms with Gasteiger partial charge in [0, 0.05) is 5.69 Å². The number of nitrogen functional groups attached to an aromatic ring is 1. The number of hydrogen-bond acceptors (Lipinski definition) is 3. The molecule has 0 spiro atoms. The van der Waals surface area contributed by atoms with E-state index in [-0.39, 0.29) is 17.5 Å². The molecule has 0 radical (unpaired) electrons. The van der Waals surface area contributed by atoms with Gasteiger partial charge < -0.3 is 10.5 Å². The topological polar surface area (TPSA) is 52.3 Å². The number of ether oxygens (including phenoxy) is 1. The second-order valence-electron chi connectivity index (χ2n) is 6.75. The molecule has 0 unspecified atom stereocenters. The average molecular weight is 275 g/mol. The summed E-state index contributed by atoms with van der Waals surface area (Å²) in [7, 11) is 0. The van der Waals surface area contributed by atoms with Gasteiger partial charge in [-0.25, -0.2) is 0 Å². The number of carbonyl (C=O) groups excluding carboxylic acids is 1. The first kappa shape index (κ1) is 14.9. The number of anilines is 1. The van der Waals surface area contributed by atoms with Crippen molar-refractivity contribution in [1.29, 1.82) is 0 Å². The Kier molecular flexibility index (Phi) is 4.36. The Morgan fingerprint density at radius 1 is 1.10 bits per heavy atom. The lowest BCUT2D eigenvalue weighted by Gasteiger charge is -2.30. The summed E-state index contributed by atoms with van der Waals surface area (Å²) in [5.74, 6) is 0.585. The summed E-state index contributed by atoms with van der Waals surface area (Å²) < 4.78 is 5.48. The van der Waals surface area contributed by atoms with E-state index in [4.69, 9.17) is 10.5 Å². The fourth-order valence-corrected chi connectivity index (χ4v) is 2.82. The van der Waals surface area contributed by atoms with E-state index in [9.17, 15) is 4.79 Å². The summed E-state index contributed by atoms with van der Waals surface area (Å²) in [5, 5.41) is 0. The number of rotatable bonds is 2. The van der Waals surface area contributed by atoms with Gasteiger partial charge in [-0.3, -0.25) is 4.79 Å². The molecule has 0 heterocycles. The van der Waals surface area contributed by atoms with Crippen LogP contribution in [0, 0.1) is 5.92 Å². The SMILES string of the molecule is CC(C)(C)OC(=O)C1CCC(c2ccc(N)cc2)CC1. The minimum Gasteiger partial charge on any atom is -0.460 e. The van der Waals surface area contributed by atoms with Gasteiger partial charge in [0.15, 0.2) is 0 Å². The Morgan fingerprint density at radius 3 is 2.15 bits per heavy atom. The molecular weight excluding hydrogens is 250 g/mol. The van der Waals surface area contributed by atoms with E-state index in [2.05, 4.69) is 12.1 Å². The standard InChI is InChI=1S/C17H25NO2/c1-17(2,3)20-16(19)14-6-4-12(5-7-14)13-8-10-15(18)11-9-13/h8-12,14H,4-7,18H2,1-3H3. The highest BCUT2D eigenvalue weighted by molar-refractivity contribution is 5.73. The maximum absolute atomic E-state index is 12.1. The van der Waals surface area contributed by atoms with E-state index in [0.29, 0.717) is 5.92 Å². The molecule has 0 amide bonds. The Balaban J connectivity index is 1.89. The van der Waals surface area contributed by atoms with Gasteiger partial charge in [0.05, 0.1) is 5.92 Å². The third-order valence-electron chi connectivity index (χ3n) is 3.88. The molecule has 2 rings (SSSR count). The molecule has 0 aliphatic heterocycles. The zero-order chi connectivity index (χ0) is 14.8. The van der Waals surface area contributed by atoms with Gasteiger partial charge in [-0.05, 0) is 70.1 Å². The highest BCUT2D eigenvalue weighted by Crippen LogP contribution is 2.36. The van der Waals surface area contributed by atoms with Crippen LogP contribution in [-0.4, -0.2) is 11.6 Å². The molecule has 0 atom stereocenters. The van der Waals surface area contributed by atoms with Gasteiger partial charge in [-0.2, -0.15) is 0 Å². The Bertz CT molecular complexity index is 451. The van der Waals surface area contributed by atoms with Crippen molar-refractivity contribution in [3.05, 3.63) is 29.8 Å². The maximum atomic E-state index is 12.1. The summed E-state index contributed by atoms with van der Waals surface area (Å²) in [6.07, 6.45) is 3.94. The lowest BCUT2D eigenvalue weighted by Crippen LogP contribution is -2.30. The molecule has 20 heavy (non-hydrogen) atoms. The van der Waals surface area contributed by atoms with E-state index in [1.54, 1.807) is 0 Å². The van der Waals surface area contributed by atoms with Gasteiger partial charge in [-0.1, -0.05) is 12.1 Å². The predicted molar refractivity (Wildman–Crippen MR) is 81.4 cm³/mol. The highest BCUT2D eigenvalue weighted by atomic mass is 16.6. The van der Waals surface area contributed by atoms with Crippen molar-refractivity contribution in [1.82, 2.24) is 0 Å². The fraction of sp³-hybridized carbons (Fsp3) is 0.588. The molecule has 0 bridgehead atoms. The van der Waals surface area contributed by atoms with E-state index in [1.807, 2.05) is 32.9 Å². The quantitative estimate of drug-likeness (QED) is 0.658. The number of benzene rings is 1. The van der Waals surface area contributed by atoms with Crippen molar-refractivity contribution >= 4 is 11.7 Å². The predicted octanol–water partition coefficient (Wildman–Crippen LogP) is 3.88. The first-order valence-corrected chi connectivity index (χ1v) is 7.43. The van der Waals surface area contributed by atoms with Crippen molar-refractivity contribution in [3.8, 4) is 0 Å². The summed E-state index contributed by atoms with van der Waals surface area (Å²) in [6.45, 7) is 5.76. The second-order valence-corrected chi connectivity index (χ2v) is 6.75. The zero-order valence-corrected chi connectivity index (χ0v) is 12.7. The molecule has 110 valence electrons. The van der Waals surface area contributed by atoms with Crippen LogP contribution in [-0.2, 0) is 9.53 Å². The van der Waals surface area contributed by atoms with E-state index < -0.39 is 0 Å². The van der Waals surface area contributed by atoms with E-state index in [0.717, 1.165) is 31.4 Å². The monoisotopic (exact) mass is 275 g/mol. The summed E-state index contributed by atoms with van der Waals surface area (Å²) in [5.41, 5.74) is 7.47. The van der Waals surface area contributed by atoms with Gasteiger partial charge in [0.1, 0.15) is 5.60 Å². The third kappa shape index (κ3) is 3.99. The molecule has 1 aliphatic carbocycles. The van der Waals surface area contributed by atoms with Crippen LogP contribution in [0.1, 0.15) is 57.9 Å². The van der Waals surface area contributed by atoms with Gasteiger partial charge in [0.2, 0.25) is 0 Å². The van der Waals surface area contributed by atoms with Crippen LogP contribution in [0.15, 0.2) is 24.3 Å². The van der Waals surface area contributed by atoms with Crippen molar-refractivity contribution < 1.29 is 9.53 Å². The summed E-state index contributed by atoms with van der Waals surface area (Å²) in [6, 6.07) is 8.12. The smallest absolute Gasteiger partial charge is 0.309 e. The van der Waals surface area contributed by atoms with Crippen molar-refractivity contribution in [2.45, 2.75) is 58.0 Å². The number of esters is 1. The highest BCUT2D eigenvalue weighted by Gasteiger charge is 2.30. The van der Waals surface area contributed by atoms with Crippen LogP contribution in [0.25, 0.3) is 0 Å². The molecule has 1 aromatic carbocycles. The molecule has 0 aromatic heterocycles. The molecule has 1 aromatic rings. The largest absolute Gasteiger partial charge is 0.460 e. The van der Waals surface area contributed by atoms with E-state index >= 15 is 0 Å². The maximum Gasteiger partial charge on any atom is 0.309 e. The molecule has 3 heteroatoms. The Morgan fingerprint density at radius 2 is 1.65 bits per heavy atom. The lowest BCUT2D eigenvalue weighted by atomic mass is 9.78. The zero-order valence-electron chi connectivity index (χ0n) is 12.7. The van der Waals surface area contributed by atoms with Crippen LogP contribution in [0.5, 0.6) is 0 Å². The summed E-state index contributed by atoms with van der Waals surface area (Å²) >= 11 is 0. The first-order valence-electron chi connectivity index (χ1n) is 7.43. The van der Waals surface area contributed by atoms with Crippen LogP contribution in [0.3, 0.4) is 0 Å². The number of nitrogens with two attached hydrogens (primary N) is 1. The Hall–Kier alpha value is -1.51. The number of carbonyl (C=O) groups is 1. The van der Waals surface area contributed by atoms with Crippen LogP contribution in [0.2, 0.25) is 0 Å². The molecule has 2 N–H and O–H groups in total. The van der Waals surface area contributed by atoms with Crippen LogP contribution in [0.4, 0.5) is 5.69 Å². The minimum atomic E-state index is -0.384. The van der Waals surface area contributed by atoms with Crippen LogP contribution >= 0.6 is 0 Å². The first-order chi connectivity index (χ1) is 9.35. The van der Waals surface area contributed by atoms with Crippen molar-refractivity contribution in [2.24, 2.45) is 5.92 Å². The van der Waals surface area contributed by atoms with Gasteiger partial charge in [0.25, 0.3) is 0 Å². The average Bonchev–Trinajstić information content (AvgIpc) is 2.38. The Labute approximate surface area is 121 Å². The molecular formula is C17H25NO2. The molecule has 1 fully saturated rings. The van der Waals surface area contributed by atoms with Crippen molar-refractivity contribution in [2.75, 3.05) is 5.73 Å².